The molecule has 0 aliphatic carbocycles. The fourth-order valence-corrected chi connectivity index (χ4v) is 2.58. The molecule has 0 aliphatic heterocycles. The Hall–Kier alpha value is -4.15. The zero-order valence-corrected chi connectivity index (χ0v) is 14.8. The van der Waals surface area contributed by atoms with Crippen LogP contribution in [0.5, 0.6) is 5.75 Å². The number of aromatic hydroxyl groups is 1. The van der Waals surface area contributed by atoms with Crippen LogP contribution in [0.1, 0.15) is 5.56 Å². The van der Waals surface area contributed by atoms with Crippen LogP contribution in [-0.4, -0.2) is 15.1 Å². The number of oxazole rings is 1. The lowest BCUT2D eigenvalue weighted by atomic mass is 10.1. The highest BCUT2D eigenvalue weighted by molar-refractivity contribution is 5.68. The summed E-state index contributed by atoms with van der Waals surface area (Å²) < 4.78 is 43.4. The number of rotatable bonds is 5. The van der Waals surface area contributed by atoms with Gasteiger partial charge in [0.15, 0.2) is 11.5 Å². The van der Waals surface area contributed by atoms with Crippen molar-refractivity contribution < 1.29 is 22.7 Å². The molecule has 2 aromatic carbocycles. The summed E-state index contributed by atoms with van der Waals surface area (Å²) in [6, 6.07) is 7.62. The van der Waals surface area contributed by atoms with Crippen LogP contribution in [0.2, 0.25) is 0 Å². The summed E-state index contributed by atoms with van der Waals surface area (Å²) >= 11 is 0. The maximum absolute atomic E-state index is 12.6. The number of nitrogens with zero attached hydrogens (tertiary/aromatic N) is 2. The highest BCUT2D eigenvalue weighted by atomic mass is 19.4. The zero-order valence-electron chi connectivity index (χ0n) is 14.8. The van der Waals surface area contributed by atoms with E-state index in [1.54, 1.807) is 6.07 Å². The summed E-state index contributed by atoms with van der Waals surface area (Å²) in [6.45, 7) is 0. The number of alkyl halides is 3. The summed E-state index contributed by atoms with van der Waals surface area (Å²) in [4.78, 5) is 30.4. The number of aromatic nitrogens is 2. The Kier molecular flexibility index (Phi) is 4.49. The first-order valence-corrected chi connectivity index (χ1v) is 8.38. The van der Waals surface area contributed by atoms with Gasteiger partial charge < -0.3 is 20.2 Å². The predicted molar refractivity (Wildman–Crippen MR) is 101 cm³/mol. The Morgan fingerprint density at radius 2 is 1.63 bits per heavy atom. The molecule has 0 fully saturated rings. The second-order valence-electron chi connectivity index (χ2n) is 6.17. The van der Waals surface area contributed by atoms with Gasteiger partial charge in [-0.2, -0.15) is 13.2 Å². The Bertz CT molecular complexity index is 1270. The molecule has 0 atom stereocenters. The van der Waals surface area contributed by atoms with Crippen molar-refractivity contribution in [2.24, 2.45) is 0 Å². The summed E-state index contributed by atoms with van der Waals surface area (Å²) in [6.07, 6.45) is -1.67. The number of anilines is 4. The van der Waals surface area contributed by atoms with Gasteiger partial charge in [0.1, 0.15) is 11.5 Å². The molecule has 0 unspecified atom stereocenters. The second kappa shape index (κ2) is 7.03. The minimum absolute atomic E-state index is 0.0903. The first-order chi connectivity index (χ1) is 14.2. The van der Waals surface area contributed by atoms with E-state index in [1.165, 1.54) is 30.6 Å². The van der Waals surface area contributed by atoms with Gasteiger partial charge in [-0.15, -0.1) is 0 Å². The molecule has 152 valence electrons. The SMILES string of the molecule is O=c1c(O)c(Nc2ccc(Nc3ncc(-c4ccc(C(F)(F)F)cc4)o3)cn2)c1=O. The highest BCUT2D eigenvalue weighted by Gasteiger charge is 2.30. The summed E-state index contributed by atoms with van der Waals surface area (Å²) in [7, 11) is 0. The van der Waals surface area contributed by atoms with Crippen LogP contribution in [0.15, 0.2) is 62.8 Å². The highest BCUT2D eigenvalue weighted by Crippen LogP contribution is 2.31. The fourth-order valence-electron chi connectivity index (χ4n) is 2.58. The Morgan fingerprint density at radius 3 is 2.23 bits per heavy atom. The van der Waals surface area contributed by atoms with E-state index >= 15 is 0 Å². The van der Waals surface area contributed by atoms with Crippen LogP contribution in [0.4, 0.5) is 36.4 Å². The molecule has 0 saturated carbocycles. The van der Waals surface area contributed by atoms with Crippen LogP contribution in [0.3, 0.4) is 0 Å². The molecule has 3 N–H and O–H groups in total. The monoisotopic (exact) mass is 416 g/mol. The maximum atomic E-state index is 12.6. The van der Waals surface area contributed by atoms with Crippen LogP contribution < -0.4 is 21.5 Å². The van der Waals surface area contributed by atoms with Gasteiger partial charge in [0.05, 0.1) is 23.6 Å². The number of nitrogens with one attached hydrogen (secondary N) is 2. The van der Waals surface area contributed by atoms with E-state index in [2.05, 4.69) is 20.6 Å². The van der Waals surface area contributed by atoms with Crippen molar-refractivity contribution in [2.75, 3.05) is 10.6 Å². The molecule has 4 rings (SSSR count). The van der Waals surface area contributed by atoms with Gasteiger partial charge in [-0.1, -0.05) is 12.1 Å². The topological polar surface area (TPSA) is 117 Å². The third-order valence-corrected chi connectivity index (χ3v) is 4.16. The lowest BCUT2D eigenvalue weighted by molar-refractivity contribution is -0.137. The van der Waals surface area contributed by atoms with E-state index < -0.39 is 28.3 Å². The third kappa shape index (κ3) is 3.60. The molecular formula is C19H11F3N4O4. The van der Waals surface area contributed by atoms with E-state index in [0.717, 1.165) is 12.1 Å². The lowest BCUT2D eigenvalue weighted by Crippen LogP contribution is -2.32. The van der Waals surface area contributed by atoms with Crippen molar-refractivity contribution in [1.82, 2.24) is 9.97 Å². The molecule has 0 saturated heterocycles. The molecule has 0 radical (unpaired) electrons. The smallest absolute Gasteiger partial charge is 0.416 e. The van der Waals surface area contributed by atoms with E-state index in [4.69, 9.17) is 4.42 Å². The molecule has 0 spiro atoms. The molecule has 4 aromatic rings. The lowest BCUT2D eigenvalue weighted by Gasteiger charge is -2.08. The van der Waals surface area contributed by atoms with Crippen molar-refractivity contribution in [3.05, 3.63) is 74.8 Å². The molecule has 0 aliphatic rings. The van der Waals surface area contributed by atoms with Gasteiger partial charge in [-0.3, -0.25) is 9.59 Å². The minimum Gasteiger partial charge on any atom is -0.502 e. The number of pyridine rings is 1. The minimum atomic E-state index is -4.42. The number of halogens is 3. The molecule has 0 amide bonds. The van der Waals surface area contributed by atoms with Crippen LogP contribution in [0.25, 0.3) is 11.3 Å². The first-order valence-electron chi connectivity index (χ1n) is 8.38. The summed E-state index contributed by atoms with van der Waals surface area (Å²) in [5.41, 5.74) is -1.87. The normalized spacial score (nSPS) is 11.6. The molecule has 0 bridgehead atoms. The van der Waals surface area contributed by atoms with Crippen molar-refractivity contribution >= 4 is 23.2 Å². The fraction of sp³-hybridized carbons (Fsp3) is 0.0526. The number of benzene rings is 1. The molecule has 2 aromatic heterocycles. The van der Waals surface area contributed by atoms with Gasteiger partial charge >= 0.3 is 6.18 Å². The zero-order chi connectivity index (χ0) is 21.5. The molecule has 30 heavy (non-hydrogen) atoms. The van der Waals surface area contributed by atoms with E-state index in [9.17, 15) is 27.9 Å². The van der Waals surface area contributed by atoms with Crippen LogP contribution in [-0.2, 0) is 6.18 Å². The van der Waals surface area contributed by atoms with Gasteiger partial charge in [0.25, 0.3) is 16.9 Å². The summed E-state index contributed by atoms with van der Waals surface area (Å²) in [5.74, 6) is -0.145. The third-order valence-electron chi connectivity index (χ3n) is 4.16. The largest absolute Gasteiger partial charge is 0.502 e. The number of hydrogen-bond donors (Lipinski definition) is 3. The Balaban J connectivity index is 1.44. The van der Waals surface area contributed by atoms with Gasteiger partial charge in [0, 0.05) is 5.56 Å². The quantitative estimate of drug-likeness (QED) is 0.423. The second-order valence-corrected chi connectivity index (χ2v) is 6.17. The van der Waals surface area contributed by atoms with E-state index in [-0.39, 0.29) is 23.3 Å². The number of hydrogen-bond acceptors (Lipinski definition) is 8. The van der Waals surface area contributed by atoms with Crippen molar-refractivity contribution in [3.63, 3.8) is 0 Å². The molecule has 11 heteroatoms. The maximum Gasteiger partial charge on any atom is 0.416 e. The van der Waals surface area contributed by atoms with E-state index in [0.29, 0.717) is 11.3 Å². The Morgan fingerprint density at radius 1 is 0.900 bits per heavy atom. The standard InChI is InChI=1S/C19H11F3N4O4/c20-19(21,22)10-3-1-9(2-4-10)12-8-24-18(30-12)25-11-5-6-13(23-7-11)26-14-15(27)17(29)16(14)28/h1-8,27H,(H,23,26)(H,24,25). The van der Waals surface area contributed by atoms with Gasteiger partial charge in [0.2, 0.25) is 0 Å². The Labute approximate surface area is 165 Å². The van der Waals surface area contributed by atoms with Crippen molar-refractivity contribution in [3.8, 4) is 17.1 Å². The molecule has 8 nitrogen and oxygen atoms in total. The first kappa shape index (κ1) is 19.2. The van der Waals surface area contributed by atoms with Gasteiger partial charge in [-0.25, -0.2) is 9.97 Å². The van der Waals surface area contributed by atoms with Crippen LogP contribution in [0, 0.1) is 0 Å². The summed E-state index contributed by atoms with van der Waals surface area (Å²) in [5, 5.41) is 14.7. The predicted octanol–water partition coefficient (Wildman–Crippen LogP) is 3.54. The van der Waals surface area contributed by atoms with Gasteiger partial charge in [-0.05, 0) is 24.3 Å². The average Bonchev–Trinajstić information content (AvgIpc) is 3.20. The molecule has 2 heterocycles. The molecular weight excluding hydrogens is 405 g/mol. The van der Waals surface area contributed by atoms with Crippen molar-refractivity contribution in [1.29, 1.82) is 0 Å². The average molecular weight is 416 g/mol. The van der Waals surface area contributed by atoms with Crippen LogP contribution >= 0.6 is 0 Å². The van der Waals surface area contributed by atoms with Crippen molar-refractivity contribution in [2.45, 2.75) is 6.18 Å². The van der Waals surface area contributed by atoms with E-state index in [1.807, 2.05) is 0 Å².